The number of hydrogen-bond donors (Lipinski definition) is 1. The SMILES string of the molecule is OCc1ncc(C=Cc2ccccc2)o1. The molecule has 1 aromatic carbocycles. The lowest BCUT2D eigenvalue weighted by molar-refractivity contribution is 0.239. The summed E-state index contributed by atoms with van der Waals surface area (Å²) in [6, 6.07) is 9.91. The van der Waals surface area contributed by atoms with Crippen LogP contribution in [0.25, 0.3) is 12.2 Å². The minimum absolute atomic E-state index is 0.167. The first-order valence-electron chi connectivity index (χ1n) is 4.67. The molecule has 0 radical (unpaired) electrons. The van der Waals surface area contributed by atoms with Crippen LogP contribution in [-0.4, -0.2) is 10.1 Å². The van der Waals surface area contributed by atoms with Gasteiger partial charge in [0.1, 0.15) is 12.4 Å². The minimum Gasteiger partial charge on any atom is -0.439 e. The highest BCUT2D eigenvalue weighted by atomic mass is 16.4. The second-order valence-electron chi connectivity index (χ2n) is 3.06. The summed E-state index contributed by atoms with van der Waals surface area (Å²) in [5.41, 5.74) is 1.10. The van der Waals surface area contributed by atoms with Gasteiger partial charge in [-0.15, -0.1) is 0 Å². The Morgan fingerprint density at radius 2 is 2.00 bits per heavy atom. The third-order valence-corrected chi connectivity index (χ3v) is 1.95. The van der Waals surface area contributed by atoms with Gasteiger partial charge in [-0.1, -0.05) is 36.4 Å². The standard InChI is InChI=1S/C12H11NO2/c14-9-12-13-8-11(15-12)7-6-10-4-2-1-3-5-10/h1-8,14H,9H2. The van der Waals surface area contributed by atoms with Gasteiger partial charge in [0.05, 0.1) is 6.20 Å². The molecule has 0 aliphatic heterocycles. The third-order valence-electron chi connectivity index (χ3n) is 1.95. The molecule has 0 saturated heterocycles. The van der Waals surface area contributed by atoms with Crippen LogP contribution in [0, 0.1) is 0 Å². The summed E-state index contributed by atoms with van der Waals surface area (Å²) >= 11 is 0. The largest absolute Gasteiger partial charge is 0.439 e. The number of nitrogens with zero attached hydrogens (tertiary/aromatic N) is 1. The van der Waals surface area contributed by atoms with Crippen molar-refractivity contribution in [1.29, 1.82) is 0 Å². The fraction of sp³-hybridized carbons (Fsp3) is 0.0833. The number of benzene rings is 1. The first kappa shape index (κ1) is 9.68. The molecule has 0 bridgehead atoms. The molecule has 0 atom stereocenters. The summed E-state index contributed by atoms with van der Waals surface area (Å²) in [7, 11) is 0. The highest BCUT2D eigenvalue weighted by Crippen LogP contribution is 2.09. The van der Waals surface area contributed by atoms with Gasteiger partial charge in [0.15, 0.2) is 0 Å². The smallest absolute Gasteiger partial charge is 0.220 e. The molecular formula is C12H11NO2. The van der Waals surface area contributed by atoms with Crippen LogP contribution in [0.15, 0.2) is 40.9 Å². The van der Waals surface area contributed by atoms with Gasteiger partial charge in [0.2, 0.25) is 5.89 Å². The Hall–Kier alpha value is -1.87. The predicted molar refractivity (Wildman–Crippen MR) is 57.8 cm³/mol. The van der Waals surface area contributed by atoms with E-state index >= 15 is 0 Å². The molecule has 0 amide bonds. The lowest BCUT2D eigenvalue weighted by atomic mass is 10.2. The van der Waals surface area contributed by atoms with Gasteiger partial charge >= 0.3 is 0 Å². The van der Waals surface area contributed by atoms with Gasteiger partial charge in [-0.3, -0.25) is 0 Å². The molecule has 0 saturated carbocycles. The Kier molecular flexibility index (Phi) is 2.95. The molecular weight excluding hydrogens is 190 g/mol. The number of hydrogen-bond acceptors (Lipinski definition) is 3. The molecule has 15 heavy (non-hydrogen) atoms. The Morgan fingerprint density at radius 1 is 1.20 bits per heavy atom. The van der Waals surface area contributed by atoms with E-state index in [1.807, 2.05) is 42.5 Å². The van der Waals surface area contributed by atoms with E-state index in [-0.39, 0.29) is 6.61 Å². The lowest BCUT2D eigenvalue weighted by Gasteiger charge is -1.89. The molecule has 3 nitrogen and oxygen atoms in total. The number of rotatable bonds is 3. The number of aliphatic hydroxyl groups excluding tert-OH is 1. The average Bonchev–Trinajstić information content (AvgIpc) is 2.76. The van der Waals surface area contributed by atoms with Crippen molar-refractivity contribution in [3.05, 3.63) is 53.7 Å². The number of aliphatic hydroxyl groups is 1. The zero-order valence-electron chi connectivity index (χ0n) is 8.13. The third kappa shape index (κ3) is 2.54. The maximum atomic E-state index is 8.76. The quantitative estimate of drug-likeness (QED) is 0.829. The maximum Gasteiger partial charge on any atom is 0.220 e. The molecule has 1 N–H and O–H groups in total. The van der Waals surface area contributed by atoms with Crippen LogP contribution in [0.2, 0.25) is 0 Å². The van der Waals surface area contributed by atoms with E-state index < -0.39 is 0 Å². The minimum atomic E-state index is -0.167. The first-order chi connectivity index (χ1) is 7.38. The van der Waals surface area contributed by atoms with Crippen molar-refractivity contribution in [3.8, 4) is 0 Å². The molecule has 76 valence electrons. The van der Waals surface area contributed by atoms with Gasteiger partial charge in [0, 0.05) is 0 Å². The lowest BCUT2D eigenvalue weighted by Crippen LogP contribution is -1.78. The van der Waals surface area contributed by atoms with E-state index in [0.29, 0.717) is 11.7 Å². The van der Waals surface area contributed by atoms with Crippen molar-refractivity contribution in [2.75, 3.05) is 0 Å². The number of oxazole rings is 1. The van der Waals surface area contributed by atoms with Gasteiger partial charge < -0.3 is 9.52 Å². The molecule has 0 aliphatic rings. The number of aromatic nitrogens is 1. The molecule has 1 heterocycles. The fourth-order valence-electron chi connectivity index (χ4n) is 1.22. The first-order valence-corrected chi connectivity index (χ1v) is 4.67. The molecule has 1 aromatic heterocycles. The Labute approximate surface area is 87.7 Å². The van der Waals surface area contributed by atoms with E-state index in [0.717, 1.165) is 5.56 Å². The average molecular weight is 201 g/mol. The van der Waals surface area contributed by atoms with E-state index in [4.69, 9.17) is 9.52 Å². The summed E-state index contributed by atoms with van der Waals surface area (Å²) in [4.78, 5) is 3.88. The van der Waals surface area contributed by atoms with Crippen molar-refractivity contribution in [1.82, 2.24) is 4.98 Å². The maximum absolute atomic E-state index is 8.76. The Bertz CT molecular complexity index is 446. The van der Waals surface area contributed by atoms with Crippen molar-refractivity contribution in [3.63, 3.8) is 0 Å². The Morgan fingerprint density at radius 3 is 2.67 bits per heavy atom. The molecule has 0 fully saturated rings. The van der Waals surface area contributed by atoms with Crippen LogP contribution in [0.5, 0.6) is 0 Å². The van der Waals surface area contributed by atoms with Gasteiger partial charge in [-0.05, 0) is 11.6 Å². The van der Waals surface area contributed by atoms with Crippen LogP contribution in [-0.2, 0) is 6.61 Å². The second-order valence-corrected chi connectivity index (χ2v) is 3.06. The second kappa shape index (κ2) is 4.57. The van der Waals surface area contributed by atoms with E-state index in [9.17, 15) is 0 Å². The summed E-state index contributed by atoms with van der Waals surface area (Å²) in [5.74, 6) is 0.977. The topological polar surface area (TPSA) is 46.3 Å². The van der Waals surface area contributed by atoms with Crippen LogP contribution in [0.1, 0.15) is 17.2 Å². The molecule has 0 unspecified atom stereocenters. The van der Waals surface area contributed by atoms with E-state index in [1.165, 1.54) is 0 Å². The summed E-state index contributed by atoms with van der Waals surface area (Å²) < 4.78 is 5.21. The van der Waals surface area contributed by atoms with Crippen molar-refractivity contribution >= 4 is 12.2 Å². The molecule has 0 spiro atoms. The molecule has 3 heteroatoms. The van der Waals surface area contributed by atoms with Crippen LogP contribution >= 0.6 is 0 Å². The fourth-order valence-corrected chi connectivity index (χ4v) is 1.22. The van der Waals surface area contributed by atoms with Crippen molar-refractivity contribution < 1.29 is 9.52 Å². The van der Waals surface area contributed by atoms with Crippen molar-refractivity contribution in [2.45, 2.75) is 6.61 Å². The van der Waals surface area contributed by atoms with Gasteiger partial charge in [-0.2, -0.15) is 0 Å². The van der Waals surface area contributed by atoms with Gasteiger partial charge in [0.25, 0.3) is 0 Å². The van der Waals surface area contributed by atoms with Crippen molar-refractivity contribution in [2.24, 2.45) is 0 Å². The summed E-state index contributed by atoms with van der Waals surface area (Å²) in [6.07, 6.45) is 5.34. The van der Waals surface area contributed by atoms with Crippen LogP contribution in [0.4, 0.5) is 0 Å². The zero-order chi connectivity index (χ0) is 10.5. The molecule has 0 aliphatic carbocycles. The van der Waals surface area contributed by atoms with E-state index in [1.54, 1.807) is 6.20 Å². The highest BCUT2D eigenvalue weighted by Gasteiger charge is 1.97. The summed E-state index contributed by atoms with van der Waals surface area (Å²) in [5, 5.41) is 8.76. The van der Waals surface area contributed by atoms with Gasteiger partial charge in [-0.25, -0.2) is 4.98 Å². The zero-order valence-corrected chi connectivity index (χ0v) is 8.13. The van der Waals surface area contributed by atoms with Crippen LogP contribution in [0.3, 0.4) is 0 Å². The molecule has 2 aromatic rings. The van der Waals surface area contributed by atoms with Crippen LogP contribution < -0.4 is 0 Å². The van der Waals surface area contributed by atoms with E-state index in [2.05, 4.69) is 4.98 Å². The summed E-state index contributed by atoms with van der Waals surface area (Å²) in [6.45, 7) is -0.167. The monoisotopic (exact) mass is 201 g/mol. The normalized spacial score (nSPS) is 11.0. The predicted octanol–water partition coefficient (Wildman–Crippen LogP) is 2.34. The Balaban J connectivity index is 2.11. The molecule has 2 rings (SSSR count). The highest BCUT2D eigenvalue weighted by molar-refractivity contribution is 5.66.